The molecule has 0 radical (unpaired) electrons. The molecule has 7 heteroatoms. The van der Waals surface area contributed by atoms with Gasteiger partial charge in [0.1, 0.15) is 11.9 Å². The van der Waals surface area contributed by atoms with Gasteiger partial charge in [-0.25, -0.2) is 4.79 Å². The summed E-state index contributed by atoms with van der Waals surface area (Å²) >= 11 is 3.45. The number of rotatable bonds is 3. The Bertz CT molecular complexity index is 1000. The SMILES string of the molecule is COc1ccc(C(=O)N2CCC(N3C(=O)OC4Cc5ccccc5C43)CC2)cc1Br. The first-order valence-electron chi connectivity index (χ1n) is 10.3. The molecule has 0 saturated carbocycles. The van der Waals surface area contributed by atoms with E-state index >= 15 is 0 Å². The average Bonchev–Trinajstić information content (AvgIpc) is 3.27. The molecule has 2 unspecified atom stereocenters. The van der Waals surface area contributed by atoms with E-state index in [-0.39, 0.29) is 30.2 Å². The number of carbonyl (C=O) groups is 2. The fraction of sp³-hybridized carbons (Fsp3) is 0.391. The molecule has 2 fully saturated rings. The number of likely N-dealkylation sites (tertiary alicyclic amines) is 1. The Hall–Kier alpha value is -2.54. The topological polar surface area (TPSA) is 59.1 Å². The number of nitrogens with zero attached hydrogens (tertiary/aromatic N) is 2. The number of benzene rings is 2. The standard InChI is InChI=1S/C23H23BrN2O4/c1-29-19-7-6-15(12-18(19)24)22(27)25-10-8-16(9-11-25)26-21-17-5-3-2-4-14(17)13-20(21)30-23(26)28/h2-7,12,16,20-21H,8-11,13H2,1H3. The molecule has 2 aromatic carbocycles. The van der Waals surface area contributed by atoms with Crippen molar-refractivity contribution in [2.24, 2.45) is 0 Å². The molecule has 2 saturated heterocycles. The number of methoxy groups -OCH3 is 1. The summed E-state index contributed by atoms with van der Waals surface area (Å²) in [5.74, 6) is 0.703. The molecule has 5 rings (SSSR count). The van der Waals surface area contributed by atoms with Crippen LogP contribution in [0, 0.1) is 0 Å². The summed E-state index contributed by atoms with van der Waals surface area (Å²) in [6.07, 6.45) is 1.98. The number of fused-ring (bicyclic) bond motifs is 3. The van der Waals surface area contributed by atoms with Crippen LogP contribution in [-0.4, -0.2) is 54.1 Å². The zero-order chi connectivity index (χ0) is 20.8. The molecule has 2 aliphatic heterocycles. The van der Waals surface area contributed by atoms with E-state index in [1.165, 1.54) is 11.1 Å². The summed E-state index contributed by atoms with van der Waals surface area (Å²) in [4.78, 5) is 29.4. The van der Waals surface area contributed by atoms with Gasteiger partial charge in [-0.3, -0.25) is 9.69 Å². The molecule has 1 aliphatic carbocycles. The van der Waals surface area contributed by atoms with E-state index in [0.717, 1.165) is 23.7 Å². The maximum absolute atomic E-state index is 12.9. The molecule has 3 aliphatic rings. The van der Waals surface area contributed by atoms with Crippen LogP contribution in [0.25, 0.3) is 0 Å². The van der Waals surface area contributed by atoms with E-state index in [0.29, 0.717) is 24.4 Å². The number of carbonyl (C=O) groups excluding carboxylic acids is 2. The first kappa shape index (κ1) is 19.4. The van der Waals surface area contributed by atoms with Gasteiger partial charge in [0.05, 0.1) is 17.6 Å². The number of halogens is 1. The molecular formula is C23H23BrN2O4. The van der Waals surface area contributed by atoms with Crippen LogP contribution in [0.5, 0.6) is 5.75 Å². The number of piperidine rings is 1. The highest BCUT2D eigenvalue weighted by atomic mass is 79.9. The van der Waals surface area contributed by atoms with Gasteiger partial charge in [-0.15, -0.1) is 0 Å². The second-order valence-electron chi connectivity index (χ2n) is 8.05. The van der Waals surface area contributed by atoms with Crippen molar-refractivity contribution in [3.63, 3.8) is 0 Å². The van der Waals surface area contributed by atoms with Crippen molar-refractivity contribution in [2.75, 3.05) is 20.2 Å². The minimum atomic E-state index is -0.219. The fourth-order valence-electron chi connectivity index (χ4n) is 4.98. The van der Waals surface area contributed by atoms with E-state index in [1.54, 1.807) is 25.3 Å². The van der Waals surface area contributed by atoms with E-state index in [4.69, 9.17) is 9.47 Å². The van der Waals surface area contributed by atoms with Crippen molar-refractivity contribution < 1.29 is 19.1 Å². The lowest BCUT2D eigenvalue weighted by Crippen LogP contribution is -2.47. The van der Waals surface area contributed by atoms with Crippen molar-refractivity contribution in [1.29, 1.82) is 0 Å². The summed E-state index contributed by atoms with van der Waals surface area (Å²) in [5.41, 5.74) is 3.10. The minimum Gasteiger partial charge on any atom is -0.496 e. The molecule has 2 atom stereocenters. The molecule has 156 valence electrons. The maximum atomic E-state index is 12.9. The lowest BCUT2D eigenvalue weighted by atomic mass is 9.98. The maximum Gasteiger partial charge on any atom is 0.411 e. The van der Waals surface area contributed by atoms with Gasteiger partial charge in [0.15, 0.2) is 0 Å². The third-order valence-electron chi connectivity index (χ3n) is 6.45. The van der Waals surface area contributed by atoms with Crippen molar-refractivity contribution in [2.45, 2.75) is 37.5 Å². The molecule has 6 nitrogen and oxygen atoms in total. The van der Waals surface area contributed by atoms with Gasteiger partial charge in [0.25, 0.3) is 5.91 Å². The second-order valence-corrected chi connectivity index (χ2v) is 8.90. The summed E-state index contributed by atoms with van der Waals surface area (Å²) in [6.45, 7) is 1.24. The monoisotopic (exact) mass is 470 g/mol. The number of amides is 2. The summed E-state index contributed by atoms with van der Waals surface area (Å²) in [7, 11) is 1.60. The van der Waals surface area contributed by atoms with Crippen LogP contribution in [0.3, 0.4) is 0 Å². The highest BCUT2D eigenvalue weighted by Gasteiger charge is 2.50. The first-order chi connectivity index (χ1) is 14.6. The molecule has 0 aromatic heterocycles. The molecule has 2 aromatic rings. The van der Waals surface area contributed by atoms with Crippen LogP contribution in [0.1, 0.15) is 40.4 Å². The smallest absolute Gasteiger partial charge is 0.411 e. The molecule has 2 heterocycles. The Morgan fingerprint density at radius 2 is 1.93 bits per heavy atom. The highest BCUT2D eigenvalue weighted by molar-refractivity contribution is 9.10. The van der Waals surface area contributed by atoms with Gasteiger partial charge in [0.2, 0.25) is 0 Å². The van der Waals surface area contributed by atoms with Gasteiger partial charge in [-0.1, -0.05) is 24.3 Å². The average molecular weight is 471 g/mol. The Balaban J connectivity index is 1.28. The van der Waals surface area contributed by atoms with Crippen LogP contribution >= 0.6 is 15.9 Å². The van der Waals surface area contributed by atoms with Crippen molar-refractivity contribution in [3.8, 4) is 5.75 Å². The third-order valence-corrected chi connectivity index (χ3v) is 7.07. The largest absolute Gasteiger partial charge is 0.496 e. The zero-order valence-electron chi connectivity index (χ0n) is 16.7. The van der Waals surface area contributed by atoms with Crippen LogP contribution in [0.15, 0.2) is 46.9 Å². The minimum absolute atomic E-state index is 0.00139. The Kier molecular flexibility index (Phi) is 4.93. The summed E-state index contributed by atoms with van der Waals surface area (Å²) in [5, 5.41) is 0. The molecule has 0 bridgehead atoms. The van der Waals surface area contributed by atoms with Gasteiger partial charge in [0, 0.05) is 31.1 Å². The summed E-state index contributed by atoms with van der Waals surface area (Å²) in [6, 6.07) is 13.7. The van der Waals surface area contributed by atoms with Crippen LogP contribution < -0.4 is 4.74 Å². The van der Waals surface area contributed by atoms with E-state index in [2.05, 4.69) is 28.1 Å². The number of hydrogen-bond acceptors (Lipinski definition) is 4. The Morgan fingerprint density at radius 1 is 1.17 bits per heavy atom. The normalized spacial score (nSPS) is 23.2. The quantitative estimate of drug-likeness (QED) is 0.674. The van der Waals surface area contributed by atoms with Crippen molar-refractivity contribution in [3.05, 3.63) is 63.6 Å². The van der Waals surface area contributed by atoms with Crippen molar-refractivity contribution >= 4 is 27.9 Å². The van der Waals surface area contributed by atoms with E-state index < -0.39 is 0 Å². The third kappa shape index (κ3) is 3.16. The Labute approximate surface area is 183 Å². The van der Waals surface area contributed by atoms with Gasteiger partial charge in [-0.2, -0.15) is 0 Å². The lowest BCUT2D eigenvalue weighted by molar-refractivity contribution is 0.0636. The molecular weight excluding hydrogens is 448 g/mol. The van der Waals surface area contributed by atoms with Crippen LogP contribution in [0.4, 0.5) is 4.79 Å². The summed E-state index contributed by atoms with van der Waals surface area (Å²) < 4.78 is 11.7. The van der Waals surface area contributed by atoms with Crippen LogP contribution in [0.2, 0.25) is 0 Å². The predicted octanol–water partition coefficient (Wildman–Crippen LogP) is 4.18. The number of hydrogen-bond donors (Lipinski definition) is 0. The van der Waals surface area contributed by atoms with Gasteiger partial charge < -0.3 is 14.4 Å². The van der Waals surface area contributed by atoms with Crippen molar-refractivity contribution in [1.82, 2.24) is 9.80 Å². The highest BCUT2D eigenvalue weighted by Crippen LogP contribution is 2.44. The van der Waals surface area contributed by atoms with Gasteiger partial charge in [-0.05, 0) is 58.1 Å². The molecule has 0 N–H and O–H groups in total. The zero-order valence-corrected chi connectivity index (χ0v) is 18.3. The predicted molar refractivity (Wildman–Crippen MR) is 115 cm³/mol. The molecule has 0 spiro atoms. The first-order valence-corrected chi connectivity index (χ1v) is 11.1. The van der Waals surface area contributed by atoms with Gasteiger partial charge >= 0.3 is 6.09 Å². The second kappa shape index (κ2) is 7.61. The fourth-order valence-corrected chi connectivity index (χ4v) is 5.52. The van der Waals surface area contributed by atoms with E-state index in [9.17, 15) is 9.59 Å². The lowest BCUT2D eigenvalue weighted by Gasteiger charge is -2.38. The molecule has 2 amide bonds. The number of ether oxygens (including phenoxy) is 2. The van der Waals surface area contributed by atoms with Crippen LogP contribution in [-0.2, 0) is 11.2 Å². The Morgan fingerprint density at radius 3 is 2.67 bits per heavy atom. The molecule has 30 heavy (non-hydrogen) atoms. The van der Waals surface area contributed by atoms with E-state index in [1.807, 2.05) is 21.9 Å².